The van der Waals surface area contributed by atoms with Crippen LogP contribution in [-0.2, 0) is 38.3 Å². The molecule has 1 rings (SSSR count). The van der Waals surface area contributed by atoms with Crippen molar-refractivity contribution in [2.75, 3.05) is 14.1 Å². The molecular formula is C16H26N4O13. The van der Waals surface area contributed by atoms with Crippen LogP contribution in [0.3, 0.4) is 0 Å². The number of rotatable bonds is 2. The molecule has 1 aliphatic heterocycles. The molecular weight excluding hydrogens is 456 g/mol. The van der Waals surface area contributed by atoms with Gasteiger partial charge in [0.2, 0.25) is 11.8 Å². The molecule has 1 saturated heterocycles. The van der Waals surface area contributed by atoms with E-state index in [9.17, 15) is 38.4 Å². The smallest absolute Gasteiger partial charge is 0.330 e. The number of urea groups is 2. The number of nitrogens with zero attached hydrogens (tertiary/aromatic N) is 1. The van der Waals surface area contributed by atoms with Crippen molar-refractivity contribution in [1.82, 2.24) is 15.5 Å². The lowest BCUT2D eigenvalue weighted by Crippen LogP contribution is -2.50. The Bertz CT molecular complexity index is 675. The fourth-order valence-corrected chi connectivity index (χ4v) is 0.948. The fraction of sp³-hybridized carbons (Fsp3) is 0.438. The molecule has 0 unspecified atom stereocenters. The molecule has 33 heavy (non-hydrogen) atoms. The van der Waals surface area contributed by atoms with Gasteiger partial charge in [-0.05, 0) is 0 Å². The number of carboxylic acid groups (broad SMARTS) is 3. The summed E-state index contributed by atoms with van der Waals surface area (Å²) in [4.78, 5) is 89.5. The van der Waals surface area contributed by atoms with E-state index in [0.717, 1.165) is 11.8 Å². The number of esters is 2. The van der Waals surface area contributed by atoms with E-state index in [0.29, 0.717) is 0 Å². The molecule has 1 aliphatic rings. The maximum absolute atomic E-state index is 10.7. The summed E-state index contributed by atoms with van der Waals surface area (Å²) in [6.45, 7) is 3.45. The highest BCUT2D eigenvalue weighted by Crippen LogP contribution is 1.97. The minimum atomic E-state index is -1.31. The molecule has 0 aromatic rings. The molecule has 0 aliphatic carbocycles. The Hall–Kier alpha value is -4.57. The molecule has 0 radical (unpaired) electrons. The van der Waals surface area contributed by atoms with Crippen LogP contribution in [0.5, 0.6) is 0 Å². The molecule has 6 amide bonds. The van der Waals surface area contributed by atoms with Crippen LogP contribution in [0.4, 0.5) is 9.59 Å². The van der Waals surface area contributed by atoms with Crippen LogP contribution in [-0.4, -0.2) is 88.0 Å². The Balaban J connectivity index is -0.000000166. The number of nitrogens with two attached hydrogens (primary N) is 1. The number of barbiturate groups is 1. The number of primary amides is 1. The zero-order valence-electron chi connectivity index (χ0n) is 18.4. The Labute approximate surface area is 186 Å². The molecule has 1 heterocycles. The van der Waals surface area contributed by atoms with Crippen molar-refractivity contribution >= 4 is 53.7 Å². The molecule has 0 aromatic carbocycles. The van der Waals surface area contributed by atoms with E-state index in [4.69, 9.17) is 20.1 Å². The number of ether oxygens (including phenoxy) is 1. The Kier molecular flexibility index (Phi) is 22.5. The van der Waals surface area contributed by atoms with Crippen LogP contribution >= 0.6 is 0 Å². The summed E-state index contributed by atoms with van der Waals surface area (Å²) in [5, 5.41) is 27.0. The Morgan fingerprint density at radius 3 is 1.45 bits per heavy atom. The Morgan fingerprint density at radius 1 is 0.970 bits per heavy atom. The number of carboxylic acids is 3. The van der Waals surface area contributed by atoms with Gasteiger partial charge in [0.1, 0.15) is 12.8 Å². The molecule has 0 spiro atoms. The van der Waals surface area contributed by atoms with E-state index in [1.165, 1.54) is 27.9 Å². The minimum Gasteiger partial charge on any atom is -0.481 e. The molecule has 0 bridgehead atoms. The highest BCUT2D eigenvalue weighted by molar-refractivity contribution is 6.13. The van der Waals surface area contributed by atoms with Crippen LogP contribution < -0.4 is 16.4 Å². The van der Waals surface area contributed by atoms with Crippen molar-refractivity contribution in [1.29, 1.82) is 0 Å². The number of imide groups is 2. The SMILES string of the molecule is CC(=O)O.CC(=O)OC(C)=O.CN1C(=O)CC(=O)NC1=O.CNC(N)=O.O=C(O)CC(=O)O. The number of hydrogen-bond donors (Lipinski definition) is 6. The zero-order valence-corrected chi connectivity index (χ0v) is 18.4. The number of aliphatic carboxylic acids is 3. The lowest BCUT2D eigenvalue weighted by Gasteiger charge is -2.19. The van der Waals surface area contributed by atoms with Gasteiger partial charge in [0.25, 0.3) is 5.97 Å². The number of carbonyl (C=O) groups excluding carboxylic acids is 6. The second kappa shape index (κ2) is 20.7. The minimum absolute atomic E-state index is 0.234. The lowest BCUT2D eigenvalue weighted by atomic mass is 10.3. The van der Waals surface area contributed by atoms with Crippen molar-refractivity contribution in [2.24, 2.45) is 5.73 Å². The van der Waals surface area contributed by atoms with E-state index in [1.54, 1.807) is 0 Å². The summed E-state index contributed by atoms with van der Waals surface area (Å²) in [5.41, 5.74) is 4.54. The van der Waals surface area contributed by atoms with E-state index >= 15 is 0 Å². The molecule has 0 atom stereocenters. The second-order valence-electron chi connectivity index (χ2n) is 5.17. The predicted octanol–water partition coefficient (Wildman–Crippen LogP) is -1.90. The average Bonchev–Trinajstić information content (AvgIpc) is 2.58. The van der Waals surface area contributed by atoms with Crippen molar-refractivity contribution in [3.63, 3.8) is 0 Å². The topological polar surface area (TPSA) is 277 Å². The molecule has 1 fully saturated rings. The first kappa shape index (κ1) is 35.8. The monoisotopic (exact) mass is 482 g/mol. The van der Waals surface area contributed by atoms with Gasteiger partial charge in [-0.25, -0.2) is 9.59 Å². The Morgan fingerprint density at radius 2 is 1.30 bits per heavy atom. The second-order valence-corrected chi connectivity index (χ2v) is 5.17. The van der Waals surface area contributed by atoms with E-state index in [-0.39, 0.29) is 6.42 Å². The zero-order chi connectivity index (χ0) is 27.3. The highest BCUT2D eigenvalue weighted by Gasteiger charge is 2.26. The summed E-state index contributed by atoms with van der Waals surface area (Å²) in [6.07, 6.45) is -1.04. The summed E-state index contributed by atoms with van der Waals surface area (Å²) in [5.74, 6) is -5.58. The van der Waals surface area contributed by atoms with Gasteiger partial charge in [-0.15, -0.1) is 0 Å². The molecule has 0 saturated carbocycles. The third-order valence-electron chi connectivity index (χ3n) is 2.07. The van der Waals surface area contributed by atoms with Crippen molar-refractivity contribution in [2.45, 2.75) is 33.6 Å². The first-order chi connectivity index (χ1) is 14.9. The fourth-order valence-electron chi connectivity index (χ4n) is 0.948. The van der Waals surface area contributed by atoms with Gasteiger partial charge in [0.15, 0.2) is 0 Å². The normalized spacial score (nSPS) is 10.9. The quantitative estimate of drug-likeness (QED) is 0.185. The van der Waals surface area contributed by atoms with Crippen LogP contribution in [0.1, 0.15) is 33.6 Å². The van der Waals surface area contributed by atoms with Gasteiger partial charge >= 0.3 is 35.9 Å². The van der Waals surface area contributed by atoms with Crippen LogP contribution in [0, 0.1) is 0 Å². The number of amides is 6. The molecule has 17 heteroatoms. The van der Waals surface area contributed by atoms with Crippen LogP contribution in [0.15, 0.2) is 0 Å². The average molecular weight is 482 g/mol. The maximum atomic E-state index is 10.7. The third kappa shape index (κ3) is 38.6. The first-order valence-corrected chi connectivity index (χ1v) is 8.26. The summed E-state index contributed by atoms with van der Waals surface area (Å²) in [7, 11) is 2.80. The van der Waals surface area contributed by atoms with Gasteiger partial charge in [-0.2, -0.15) is 0 Å². The van der Waals surface area contributed by atoms with Gasteiger partial charge in [-0.1, -0.05) is 0 Å². The molecule has 17 nitrogen and oxygen atoms in total. The van der Waals surface area contributed by atoms with E-state index in [2.05, 4.69) is 15.8 Å². The van der Waals surface area contributed by atoms with Gasteiger partial charge in [0.05, 0.1) is 0 Å². The van der Waals surface area contributed by atoms with Crippen molar-refractivity contribution < 1.29 is 63.2 Å². The number of carbonyl (C=O) groups is 9. The number of nitrogens with one attached hydrogen (secondary N) is 2. The predicted molar refractivity (Wildman–Crippen MR) is 105 cm³/mol. The molecule has 188 valence electrons. The standard InChI is InChI=1S/C5H6N2O3.C4H6O3.C3H4O4.C2H6N2O.C2H4O2/c1-7-4(9)2-3(8)6-5(7)10;1-3(5)7-4(2)6;4-2(5)1-3(6)7;1-4-2(3)5;1-2(3)4/h2H2,1H3,(H,6,8,10);1-2H3;1H2,(H,4,5)(H,6,7);1H3,(H3,3,4,5);1H3,(H,3,4). The van der Waals surface area contributed by atoms with E-state index in [1.807, 2.05) is 5.32 Å². The summed E-state index contributed by atoms with van der Waals surface area (Å²) < 4.78 is 3.97. The van der Waals surface area contributed by atoms with E-state index < -0.39 is 60.1 Å². The largest absolute Gasteiger partial charge is 0.481 e. The van der Waals surface area contributed by atoms with Crippen LogP contribution in [0.25, 0.3) is 0 Å². The van der Waals surface area contributed by atoms with Gasteiger partial charge in [0, 0.05) is 34.9 Å². The van der Waals surface area contributed by atoms with Crippen molar-refractivity contribution in [3.8, 4) is 0 Å². The van der Waals surface area contributed by atoms with Crippen molar-refractivity contribution in [3.05, 3.63) is 0 Å². The lowest BCUT2D eigenvalue weighted by molar-refractivity contribution is -0.156. The highest BCUT2D eigenvalue weighted by atomic mass is 16.6. The van der Waals surface area contributed by atoms with Gasteiger partial charge < -0.3 is 31.1 Å². The number of hydrogen-bond acceptors (Lipinski definition) is 10. The maximum Gasteiger partial charge on any atom is 0.330 e. The molecule has 7 N–H and O–H groups in total. The first-order valence-electron chi connectivity index (χ1n) is 8.26. The van der Waals surface area contributed by atoms with Crippen LogP contribution in [0.2, 0.25) is 0 Å². The summed E-state index contributed by atoms with van der Waals surface area (Å²) >= 11 is 0. The third-order valence-corrected chi connectivity index (χ3v) is 2.07. The molecule has 0 aromatic heterocycles. The summed E-state index contributed by atoms with van der Waals surface area (Å²) in [6, 6.07) is -1.15. The van der Waals surface area contributed by atoms with Gasteiger partial charge in [-0.3, -0.25) is 43.8 Å².